The molecular formula is C18H22ClN3. The van der Waals surface area contributed by atoms with Gasteiger partial charge in [0.1, 0.15) is 5.15 Å². The highest BCUT2D eigenvalue weighted by atomic mass is 35.5. The molecule has 1 aromatic heterocycles. The average Bonchev–Trinajstić information content (AvgIpc) is 2.54. The van der Waals surface area contributed by atoms with E-state index in [1.54, 1.807) is 0 Å². The Hall–Kier alpha value is -1.32. The zero-order chi connectivity index (χ0) is 15.1. The van der Waals surface area contributed by atoms with E-state index in [0.29, 0.717) is 11.2 Å². The van der Waals surface area contributed by atoms with Crippen molar-refractivity contribution in [3.8, 4) is 0 Å². The molecule has 2 aliphatic rings. The molecule has 0 amide bonds. The second kappa shape index (κ2) is 5.71. The summed E-state index contributed by atoms with van der Waals surface area (Å²) in [5.41, 5.74) is 8.59. The third-order valence-electron chi connectivity index (χ3n) is 5.28. The average molecular weight is 316 g/mol. The molecule has 2 heterocycles. The second-order valence-electron chi connectivity index (χ2n) is 6.75. The standard InChI is InChI=1S/C18H22ClN3/c19-18-15-8-9-22(11-12-4-6-14(20)7-5-12)16-3-1-2-13(10-21-18)17(15)16/h1-3,10,12,14H,4-9,11,20H2. The molecule has 4 rings (SSSR count). The molecule has 4 heteroatoms. The predicted octanol–water partition coefficient (Wildman–Crippen LogP) is 3.77. The fraction of sp³-hybridized carbons (Fsp3) is 0.500. The molecule has 1 fully saturated rings. The largest absolute Gasteiger partial charge is 0.370 e. The van der Waals surface area contributed by atoms with Crippen molar-refractivity contribution in [1.29, 1.82) is 0 Å². The lowest BCUT2D eigenvalue weighted by Gasteiger charge is -2.36. The minimum Gasteiger partial charge on any atom is -0.370 e. The summed E-state index contributed by atoms with van der Waals surface area (Å²) in [5, 5.41) is 3.18. The van der Waals surface area contributed by atoms with Crippen molar-refractivity contribution in [3.63, 3.8) is 0 Å². The summed E-state index contributed by atoms with van der Waals surface area (Å²) in [6, 6.07) is 6.92. The summed E-state index contributed by atoms with van der Waals surface area (Å²) in [5.74, 6) is 0.772. The van der Waals surface area contributed by atoms with Crippen LogP contribution in [0.5, 0.6) is 0 Å². The number of anilines is 1. The third-order valence-corrected chi connectivity index (χ3v) is 5.61. The highest BCUT2D eigenvalue weighted by molar-refractivity contribution is 6.31. The van der Waals surface area contributed by atoms with Crippen LogP contribution >= 0.6 is 11.6 Å². The lowest BCUT2D eigenvalue weighted by Crippen LogP contribution is -2.37. The number of halogens is 1. The van der Waals surface area contributed by atoms with Gasteiger partial charge in [-0.15, -0.1) is 0 Å². The Morgan fingerprint density at radius 1 is 1.23 bits per heavy atom. The molecule has 3 nitrogen and oxygen atoms in total. The summed E-state index contributed by atoms with van der Waals surface area (Å²) in [7, 11) is 0. The fourth-order valence-electron chi connectivity index (χ4n) is 4.03. The van der Waals surface area contributed by atoms with Crippen molar-refractivity contribution in [3.05, 3.63) is 35.1 Å². The zero-order valence-corrected chi connectivity index (χ0v) is 13.5. The summed E-state index contributed by atoms with van der Waals surface area (Å²) in [4.78, 5) is 6.88. The van der Waals surface area contributed by atoms with E-state index >= 15 is 0 Å². The van der Waals surface area contributed by atoms with Gasteiger partial charge in [-0.3, -0.25) is 0 Å². The van der Waals surface area contributed by atoms with Gasteiger partial charge in [0.2, 0.25) is 0 Å². The summed E-state index contributed by atoms with van der Waals surface area (Å²) >= 11 is 6.32. The van der Waals surface area contributed by atoms with Gasteiger partial charge in [0.25, 0.3) is 0 Å². The number of hydrogen-bond acceptors (Lipinski definition) is 3. The molecule has 0 unspecified atom stereocenters. The molecule has 22 heavy (non-hydrogen) atoms. The van der Waals surface area contributed by atoms with E-state index in [-0.39, 0.29) is 0 Å². The molecule has 1 saturated carbocycles. The second-order valence-corrected chi connectivity index (χ2v) is 7.10. The van der Waals surface area contributed by atoms with Gasteiger partial charge < -0.3 is 10.6 Å². The first-order chi connectivity index (χ1) is 10.7. The quantitative estimate of drug-likeness (QED) is 0.858. The van der Waals surface area contributed by atoms with Crippen molar-refractivity contribution >= 4 is 28.1 Å². The Balaban J connectivity index is 1.66. The molecule has 1 aliphatic carbocycles. The van der Waals surface area contributed by atoms with E-state index in [1.165, 1.54) is 47.7 Å². The predicted molar refractivity (Wildman–Crippen MR) is 92.6 cm³/mol. The van der Waals surface area contributed by atoms with Crippen LogP contribution in [0.1, 0.15) is 31.2 Å². The van der Waals surface area contributed by atoms with E-state index in [2.05, 4.69) is 28.1 Å². The normalized spacial score (nSPS) is 24.7. The number of nitrogens with zero attached hydrogens (tertiary/aromatic N) is 2. The zero-order valence-electron chi connectivity index (χ0n) is 12.8. The van der Waals surface area contributed by atoms with Gasteiger partial charge >= 0.3 is 0 Å². The minimum absolute atomic E-state index is 0.423. The van der Waals surface area contributed by atoms with Crippen LogP contribution in [0.4, 0.5) is 5.69 Å². The molecular weight excluding hydrogens is 294 g/mol. The number of aromatic nitrogens is 1. The van der Waals surface area contributed by atoms with Gasteiger partial charge in [0, 0.05) is 47.4 Å². The number of rotatable bonds is 2. The van der Waals surface area contributed by atoms with Gasteiger partial charge in [-0.05, 0) is 44.1 Å². The van der Waals surface area contributed by atoms with Crippen LogP contribution in [-0.2, 0) is 6.42 Å². The molecule has 116 valence electrons. The van der Waals surface area contributed by atoms with E-state index in [4.69, 9.17) is 17.3 Å². The van der Waals surface area contributed by atoms with Crippen molar-refractivity contribution in [1.82, 2.24) is 4.98 Å². The van der Waals surface area contributed by atoms with E-state index in [1.807, 2.05) is 6.20 Å². The highest BCUT2D eigenvalue weighted by Crippen LogP contribution is 2.37. The van der Waals surface area contributed by atoms with Crippen molar-refractivity contribution in [2.24, 2.45) is 11.7 Å². The van der Waals surface area contributed by atoms with E-state index in [9.17, 15) is 0 Å². The topological polar surface area (TPSA) is 42.1 Å². The smallest absolute Gasteiger partial charge is 0.132 e. The SMILES string of the molecule is NC1CCC(CN2CCc3c(Cl)ncc4cccc2c34)CC1. The van der Waals surface area contributed by atoms with Gasteiger partial charge in [-0.2, -0.15) is 0 Å². The van der Waals surface area contributed by atoms with Gasteiger partial charge in [0.05, 0.1) is 0 Å². The van der Waals surface area contributed by atoms with Gasteiger partial charge in [-0.1, -0.05) is 23.7 Å². The molecule has 1 aromatic carbocycles. The Bertz CT molecular complexity index is 692. The summed E-state index contributed by atoms with van der Waals surface area (Å²) in [6.07, 6.45) is 7.76. The molecule has 2 N–H and O–H groups in total. The Kier molecular flexibility index (Phi) is 3.71. The van der Waals surface area contributed by atoms with E-state index < -0.39 is 0 Å². The lowest BCUT2D eigenvalue weighted by molar-refractivity contribution is 0.327. The summed E-state index contributed by atoms with van der Waals surface area (Å²) < 4.78 is 0. The van der Waals surface area contributed by atoms with Crippen LogP contribution in [0.25, 0.3) is 10.8 Å². The van der Waals surface area contributed by atoms with E-state index in [0.717, 1.165) is 25.4 Å². The molecule has 0 atom stereocenters. The number of benzene rings is 1. The maximum Gasteiger partial charge on any atom is 0.132 e. The molecule has 1 aliphatic heterocycles. The monoisotopic (exact) mass is 315 g/mol. The fourth-order valence-corrected chi connectivity index (χ4v) is 4.27. The van der Waals surface area contributed by atoms with Gasteiger partial charge in [0.15, 0.2) is 0 Å². The maximum absolute atomic E-state index is 6.32. The summed E-state index contributed by atoms with van der Waals surface area (Å²) in [6.45, 7) is 2.19. The molecule has 0 saturated heterocycles. The van der Waals surface area contributed by atoms with Crippen molar-refractivity contribution < 1.29 is 0 Å². The molecule has 0 spiro atoms. The van der Waals surface area contributed by atoms with Crippen LogP contribution in [-0.4, -0.2) is 24.1 Å². The van der Waals surface area contributed by atoms with Crippen LogP contribution in [0.2, 0.25) is 5.15 Å². The molecule has 0 bridgehead atoms. The van der Waals surface area contributed by atoms with Crippen LogP contribution in [0.15, 0.2) is 24.4 Å². The first-order valence-electron chi connectivity index (χ1n) is 8.29. The minimum atomic E-state index is 0.423. The highest BCUT2D eigenvalue weighted by Gasteiger charge is 2.25. The Morgan fingerprint density at radius 2 is 2.05 bits per heavy atom. The molecule has 2 aromatic rings. The number of nitrogens with two attached hydrogens (primary N) is 1. The number of pyridine rings is 1. The number of hydrogen-bond donors (Lipinski definition) is 1. The lowest BCUT2D eigenvalue weighted by atomic mass is 9.85. The van der Waals surface area contributed by atoms with Crippen molar-refractivity contribution in [2.75, 3.05) is 18.0 Å². The molecule has 0 radical (unpaired) electrons. The first-order valence-corrected chi connectivity index (χ1v) is 8.67. The van der Waals surface area contributed by atoms with Crippen LogP contribution < -0.4 is 10.6 Å². The van der Waals surface area contributed by atoms with Crippen LogP contribution in [0.3, 0.4) is 0 Å². The Morgan fingerprint density at radius 3 is 2.86 bits per heavy atom. The van der Waals surface area contributed by atoms with Gasteiger partial charge in [-0.25, -0.2) is 4.98 Å². The van der Waals surface area contributed by atoms with Crippen LogP contribution in [0, 0.1) is 5.92 Å². The maximum atomic E-state index is 6.32. The first kappa shape index (κ1) is 14.3. The Labute approximate surface area is 136 Å². The van der Waals surface area contributed by atoms with Crippen molar-refractivity contribution in [2.45, 2.75) is 38.1 Å². The third kappa shape index (κ3) is 2.46.